The highest BCUT2D eigenvalue weighted by Crippen LogP contribution is 2.28. The summed E-state index contributed by atoms with van der Waals surface area (Å²) in [6, 6.07) is 0. The topological polar surface area (TPSA) is 38.0 Å². The van der Waals surface area contributed by atoms with Gasteiger partial charge in [-0.25, -0.2) is 0 Å². The molecular weight excluding hydrogens is 196 g/mol. The van der Waals surface area contributed by atoms with E-state index in [4.69, 9.17) is 0 Å². The Hall–Kier alpha value is -0.870. The molecule has 14 heavy (non-hydrogen) atoms. The molecule has 2 aromatic rings. The van der Waals surface area contributed by atoms with Gasteiger partial charge in [-0.2, -0.15) is 5.10 Å². The molecule has 1 atom stereocenters. The van der Waals surface area contributed by atoms with Gasteiger partial charge in [0, 0.05) is 13.5 Å². The average molecular weight is 210 g/mol. The van der Waals surface area contributed by atoms with E-state index in [-0.39, 0.29) is 6.10 Å². The third-order valence-corrected chi connectivity index (χ3v) is 3.47. The SMILES string of the molecule is Cc1csc2c(CC(C)O)n(C)nc12. The highest BCUT2D eigenvalue weighted by Gasteiger charge is 2.13. The van der Waals surface area contributed by atoms with E-state index in [1.807, 2.05) is 11.7 Å². The molecule has 0 saturated carbocycles. The number of aryl methyl sites for hydroxylation is 2. The van der Waals surface area contributed by atoms with Crippen molar-refractivity contribution in [3.8, 4) is 0 Å². The van der Waals surface area contributed by atoms with Gasteiger partial charge in [-0.3, -0.25) is 4.68 Å². The van der Waals surface area contributed by atoms with Gasteiger partial charge in [0.15, 0.2) is 0 Å². The van der Waals surface area contributed by atoms with Crippen LogP contribution in [0.5, 0.6) is 0 Å². The average Bonchev–Trinajstić information content (AvgIpc) is 2.57. The van der Waals surface area contributed by atoms with Crippen LogP contribution in [0.15, 0.2) is 5.38 Å². The molecule has 0 fully saturated rings. The molecule has 2 heterocycles. The summed E-state index contributed by atoms with van der Waals surface area (Å²) in [6.07, 6.45) is 0.364. The smallest absolute Gasteiger partial charge is 0.106 e. The van der Waals surface area contributed by atoms with Crippen LogP contribution in [0, 0.1) is 6.92 Å². The first-order valence-corrected chi connectivity index (χ1v) is 5.55. The number of hydrogen-bond acceptors (Lipinski definition) is 3. The molecule has 0 radical (unpaired) electrons. The Labute approximate surface area is 87.0 Å². The predicted molar refractivity (Wildman–Crippen MR) is 58.7 cm³/mol. The Morgan fingerprint density at radius 3 is 3.00 bits per heavy atom. The second kappa shape index (κ2) is 3.37. The highest BCUT2D eigenvalue weighted by atomic mass is 32.1. The summed E-state index contributed by atoms with van der Waals surface area (Å²) in [6.45, 7) is 3.87. The van der Waals surface area contributed by atoms with Crippen LogP contribution in [-0.4, -0.2) is 21.0 Å². The Morgan fingerprint density at radius 1 is 1.64 bits per heavy atom. The van der Waals surface area contributed by atoms with Gasteiger partial charge in [-0.05, 0) is 24.8 Å². The predicted octanol–water partition coefficient (Wildman–Crippen LogP) is 1.87. The third-order valence-electron chi connectivity index (χ3n) is 2.33. The maximum absolute atomic E-state index is 9.38. The van der Waals surface area contributed by atoms with E-state index in [0.717, 1.165) is 11.2 Å². The number of thiophene rings is 1. The van der Waals surface area contributed by atoms with E-state index < -0.39 is 0 Å². The van der Waals surface area contributed by atoms with Crippen molar-refractivity contribution in [1.82, 2.24) is 9.78 Å². The van der Waals surface area contributed by atoms with Crippen molar-refractivity contribution in [3.63, 3.8) is 0 Å². The molecule has 0 aliphatic rings. The lowest BCUT2D eigenvalue weighted by atomic mass is 10.2. The highest BCUT2D eigenvalue weighted by molar-refractivity contribution is 7.17. The van der Waals surface area contributed by atoms with Crippen LogP contribution in [0.25, 0.3) is 10.2 Å². The van der Waals surface area contributed by atoms with Gasteiger partial charge in [-0.15, -0.1) is 11.3 Å². The molecule has 0 bridgehead atoms. The van der Waals surface area contributed by atoms with E-state index in [9.17, 15) is 5.11 Å². The first-order valence-electron chi connectivity index (χ1n) is 4.67. The number of fused-ring (bicyclic) bond motifs is 1. The van der Waals surface area contributed by atoms with Gasteiger partial charge in [-0.1, -0.05) is 0 Å². The lowest BCUT2D eigenvalue weighted by Crippen LogP contribution is -2.08. The fourth-order valence-electron chi connectivity index (χ4n) is 1.63. The van der Waals surface area contributed by atoms with Gasteiger partial charge in [0.25, 0.3) is 0 Å². The van der Waals surface area contributed by atoms with Crippen molar-refractivity contribution in [2.24, 2.45) is 7.05 Å². The minimum absolute atomic E-state index is 0.309. The molecular formula is C10H14N2OS. The standard InChI is InChI=1S/C10H14N2OS/c1-6-5-14-10-8(4-7(2)13)12(3)11-9(6)10/h5,7,13H,4H2,1-3H3. The van der Waals surface area contributed by atoms with E-state index in [2.05, 4.69) is 17.4 Å². The zero-order valence-corrected chi connectivity index (χ0v) is 9.43. The maximum atomic E-state index is 9.38. The van der Waals surface area contributed by atoms with Crippen LogP contribution in [0.3, 0.4) is 0 Å². The number of aromatic nitrogens is 2. The summed E-state index contributed by atoms with van der Waals surface area (Å²) in [4.78, 5) is 0. The zero-order valence-electron chi connectivity index (χ0n) is 8.61. The second-order valence-electron chi connectivity index (χ2n) is 3.72. The van der Waals surface area contributed by atoms with Crippen molar-refractivity contribution in [1.29, 1.82) is 0 Å². The molecule has 0 amide bonds. The van der Waals surface area contributed by atoms with Crippen molar-refractivity contribution < 1.29 is 5.11 Å². The molecule has 4 heteroatoms. The van der Waals surface area contributed by atoms with E-state index in [1.54, 1.807) is 18.3 Å². The third kappa shape index (κ3) is 1.44. The van der Waals surface area contributed by atoms with E-state index in [0.29, 0.717) is 6.42 Å². The quantitative estimate of drug-likeness (QED) is 0.821. The first-order chi connectivity index (χ1) is 6.59. The monoisotopic (exact) mass is 210 g/mol. The van der Waals surface area contributed by atoms with Gasteiger partial charge in [0.1, 0.15) is 5.52 Å². The zero-order chi connectivity index (χ0) is 10.3. The van der Waals surface area contributed by atoms with Crippen molar-refractivity contribution >= 4 is 21.6 Å². The summed E-state index contributed by atoms with van der Waals surface area (Å²) in [5.41, 5.74) is 3.43. The molecule has 76 valence electrons. The maximum Gasteiger partial charge on any atom is 0.106 e. The lowest BCUT2D eigenvalue weighted by molar-refractivity contribution is 0.193. The molecule has 2 aromatic heterocycles. The molecule has 3 nitrogen and oxygen atoms in total. The summed E-state index contributed by atoms with van der Waals surface area (Å²) in [7, 11) is 1.93. The van der Waals surface area contributed by atoms with Gasteiger partial charge >= 0.3 is 0 Å². The summed E-state index contributed by atoms with van der Waals surface area (Å²) in [5.74, 6) is 0. The summed E-state index contributed by atoms with van der Waals surface area (Å²) < 4.78 is 3.09. The van der Waals surface area contributed by atoms with Crippen LogP contribution in [0.1, 0.15) is 18.2 Å². The van der Waals surface area contributed by atoms with Crippen molar-refractivity contribution in [2.75, 3.05) is 0 Å². The minimum atomic E-state index is -0.309. The largest absolute Gasteiger partial charge is 0.393 e. The number of aliphatic hydroxyl groups excluding tert-OH is 1. The number of rotatable bonds is 2. The number of hydrogen-bond donors (Lipinski definition) is 1. The molecule has 0 spiro atoms. The Kier molecular flexibility index (Phi) is 2.33. The fourth-order valence-corrected chi connectivity index (χ4v) is 2.70. The van der Waals surface area contributed by atoms with Gasteiger partial charge in [0.2, 0.25) is 0 Å². The Balaban J connectivity index is 2.56. The summed E-state index contributed by atoms with van der Waals surface area (Å²) >= 11 is 1.71. The van der Waals surface area contributed by atoms with Crippen LogP contribution in [0.2, 0.25) is 0 Å². The van der Waals surface area contributed by atoms with Crippen LogP contribution < -0.4 is 0 Å². The first kappa shape index (κ1) is 9.68. The molecule has 0 aromatic carbocycles. The van der Waals surface area contributed by atoms with Gasteiger partial charge < -0.3 is 5.11 Å². The Bertz CT molecular complexity index is 456. The second-order valence-corrected chi connectivity index (χ2v) is 4.60. The van der Waals surface area contributed by atoms with Crippen LogP contribution in [-0.2, 0) is 13.5 Å². The minimum Gasteiger partial charge on any atom is -0.393 e. The Morgan fingerprint density at radius 2 is 2.36 bits per heavy atom. The molecule has 2 rings (SSSR count). The van der Waals surface area contributed by atoms with Crippen molar-refractivity contribution in [3.05, 3.63) is 16.6 Å². The molecule has 0 saturated heterocycles. The van der Waals surface area contributed by atoms with E-state index >= 15 is 0 Å². The van der Waals surface area contributed by atoms with Gasteiger partial charge in [0.05, 0.1) is 16.5 Å². The number of nitrogens with zero attached hydrogens (tertiary/aromatic N) is 2. The normalized spacial score (nSPS) is 13.7. The number of aliphatic hydroxyl groups is 1. The van der Waals surface area contributed by atoms with Crippen molar-refractivity contribution in [2.45, 2.75) is 26.4 Å². The fraction of sp³-hybridized carbons (Fsp3) is 0.500. The van der Waals surface area contributed by atoms with Crippen LogP contribution in [0.4, 0.5) is 0 Å². The molecule has 0 aliphatic carbocycles. The molecule has 1 N–H and O–H groups in total. The molecule has 1 unspecified atom stereocenters. The molecule has 0 aliphatic heterocycles. The van der Waals surface area contributed by atoms with E-state index in [1.165, 1.54) is 10.3 Å². The lowest BCUT2D eigenvalue weighted by Gasteiger charge is -2.03. The van der Waals surface area contributed by atoms with Crippen LogP contribution >= 0.6 is 11.3 Å². The summed E-state index contributed by atoms with van der Waals surface area (Å²) in [5, 5.41) is 15.9.